The van der Waals surface area contributed by atoms with E-state index in [0.29, 0.717) is 15.6 Å². The largest absolute Gasteiger partial charge is 0.489 e. The highest BCUT2D eigenvalue weighted by Gasteiger charge is 2.16. The van der Waals surface area contributed by atoms with E-state index >= 15 is 0 Å². The van der Waals surface area contributed by atoms with Gasteiger partial charge in [0.1, 0.15) is 23.5 Å². The Labute approximate surface area is 165 Å². The minimum atomic E-state index is -0.938. The summed E-state index contributed by atoms with van der Waals surface area (Å²) in [7, 11) is 1.54. The predicted octanol–water partition coefficient (Wildman–Crippen LogP) is 2.68. The van der Waals surface area contributed by atoms with Crippen molar-refractivity contribution in [3.63, 3.8) is 0 Å². The Kier molecular flexibility index (Phi) is 7.71. The Bertz CT molecular complexity index is 755. The molecule has 0 saturated heterocycles. The van der Waals surface area contributed by atoms with Crippen molar-refractivity contribution < 1.29 is 19.4 Å². The van der Waals surface area contributed by atoms with Gasteiger partial charge in [-0.1, -0.05) is 35.3 Å². The fourth-order valence-corrected chi connectivity index (χ4v) is 3.07. The van der Waals surface area contributed by atoms with E-state index < -0.39 is 6.10 Å². The SMILES string of the molecule is CN(CC(=O)NCC(O)COc1cccc(Cl)c1Cl)C(=O)c1cccs1. The lowest BCUT2D eigenvalue weighted by molar-refractivity contribution is -0.122. The summed E-state index contributed by atoms with van der Waals surface area (Å²) in [5.41, 5.74) is 0. The summed E-state index contributed by atoms with van der Waals surface area (Å²) in [5.74, 6) is -0.252. The molecular weight excluding hydrogens is 399 g/mol. The molecule has 1 aromatic carbocycles. The Hall–Kier alpha value is -1.80. The van der Waals surface area contributed by atoms with Crippen LogP contribution >= 0.6 is 34.5 Å². The maximum atomic E-state index is 12.1. The van der Waals surface area contributed by atoms with Crippen LogP contribution in [0.15, 0.2) is 35.7 Å². The minimum Gasteiger partial charge on any atom is -0.489 e. The predicted molar refractivity (Wildman–Crippen MR) is 102 cm³/mol. The number of rotatable bonds is 8. The van der Waals surface area contributed by atoms with E-state index in [1.165, 1.54) is 16.2 Å². The standard InChI is InChI=1S/C17H18Cl2N2O4S/c1-21(17(24)14-6-3-7-26-14)9-15(23)20-8-11(22)10-25-13-5-2-4-12(18)16(13)19/h2-7,11,22H,8-10H2,1H3,(H,20,23). The molecule has 0 spiro atoms. The number of benzene rings is 1. The van der Waals surface area contributed by atoms with E-state index in [4.69, 9.17) is 27.9 Å². The van der Waals surface area contributed by atoms with Gasteiger partial charge < -0.3 is 20.1 Å². The molecule has 2 amide bonds. The highest BCUT2D eigenvalue weighted by atomic mass is 35.5. The molecular formula is C17H18Cl2N2O4S. The van der Waals surface area contributed by atoms with Crippen LogP contribution in [0.25, 0.3) is 0 Å². The van der Waals surface area contributed by atoms with Crippen molar-refractivity contribution in [2.45, 2.75) is 6.10 Å². The minimum absolute atomic E-state index is 0.0158. The lowest BCUT2D eigenvalue weighted by Crippen LogP contribution is -2.42. The lowest BCUT2D eigenvalue weighted by Gasteiger charge is -2.17. The maximum Gasteiger partial charge on any atom is 0.264 e. The average Bonchev–Trinajstić information content (AvgIpc) is 3.15. The third-order valence-electron chi connectivity index (χ3n) is 3.34. The molecule has 2 rings (SSSR count). The monoisotopic (exact) mass is 416 g/mol. The van der Waals surface area contributed by atoms with Crippen molar-refractivity contribution in [2.24, 2.45) is 0 Å². The van der Waals surface area contributed by atoms with Crippen LogP contribution in [0.4, 0.5) is 0 Å². The van der Waals surface area contributed by atoms with Gasteiger partial charge in [0.25, 0.3) is 5.91 Å². The van der Waals surface area contributed by atoms with Crippen LogP contribution in [0.3, 0.4) is 0 Å². The summed E-state index contributed by atoms with van der Waals surface area (Å²) < 4.78 is 5.40. The van der Waals surface area contributed by atoms with E-state index in [9.17, 15) is 14.7 Å². The number of nitrogens with one attached hydrogen (secondary N) is 1. The smallest absolute Gasteiger partial charge is 0.264 e. The summed E-state index contributed by atoms with van der Waals surface area (Å²) in [6.45, 7) is -0.188. The molecule has 1 aromatic heterocycles. The Balaban J connectivity index is 1.73. The molecule has 0 saturated carbocycles. The fourth-order valence-electron chi connectivity index (χ4n) is 2.00. The molecule has 6 nitrogen and oxygen atoms in total. The van der Waals surface area contributed by atoms with Crippen molar-refractivity contribution in [3.8, 4) is 5.75 Å². The number of likely N-dealkylation sites (N-methyl/N-ethyl adjacent to an activating group) is 1. The summed E-state index contributed by atoms with van der Waals surface area (Å²) in [6, 6.07) is 8.40. The number of aliphatic hydroxyl groups is 1. The van der Waals surface area contributed by atoms with Crippen LogP contribution < -0.4 is 10.1 Å². The Morgan fingerprint density at radius 1 is 1.31 bits per heavy atom. The lowest BCUT2D eigenvalue weighted by atomic mass is 10.3. The van der Waals surface area contributed by atoms with Gasteiger partial charge >= 0.3 is 0 Å². The zero-order chi connectivity index (χ0) is 19.1. The first-order valence-electron chi connectivity index (χ1n) is 7.69. The van der Waals surface area contributed by atoms with Gasteiger partial charge in [0.15, 0.2) is 0 Å². The van der Waals surface area contributed by atoms with E-state index in [1.807, 2.05) is 0 Å². The molecule has 0 radical (unpaired) electrons. The average molecular weight is 417 g/mol. The van der Waals surface area contributed by atoms with Crippen molar-refractivity contribution in [1.29, 1.82) is 0 Å². The van der Waals surface area contributed by atoms with Crippen LogP contribution in [-0.4, -0.2) is 54.7 Å². The third kappa shape index (κ3) is 5.88. The van der Waals surface area contributed by atoms with Crippen LogP contribution in [0, 0.1) is 0 Å². The number of ether oxygens (including phenoxy) is 1. The molecule has 0 aliphatic rings. The summed E-state index contributed by atoms with van der Waals surface area (Å²) in [4.78, 5) is 25.9. The molecule has 140 valence electrons. The van der Waals surface area contributed by atoms with Gasteiger partial charge in [-0.3, -0.25) is 9.59 Å². The van der Waals surface area contributed by atoms with Gasteiger partial charge in [-0.2, -0.15) is 0 Å². The van der Waals surface area contributed by atoms with E-state index in [-0.39, 0.29) is 36.5 Å². The summed E-state index contributed by atoms with van der Waals surface area (Å²) in [6.07, 6.45) is -0.938. The zero-order valence-electron chi connectivity index (χ0n) is 13.9. The van der Waals surface area contributed by atoms with Crippen molar-refractivity contribution in [3.05, 3.63) is 50.6 Å². The van der Waals surface area contributed by atoms with Crippen LogP contribution in [0.1, 0.15) is 9.67 Å². The third-order valence-corrected chi connectivity index (χ3v) is 5.00. The molecule has 9 heteroatoms. The summed E-state index contributed by atoms with van der Waals surface area (Å²) >= 11 is 13.2. The Morgan fingerprint density at radius 3 is 2.77 bits per heavy atom. The van der Waals surface area contributed by atoms with Gasteiger partial charge in [0.05, 0.1) is 16.4 Å². The summed E-state index contributed by atoms with van der Waals surface area (Å²) in [5, 5.41) is 14.9. The topological polar surface area (TPSA) is 78.9 Å². The van der Waals surface area contributed by atoms with E-state index in [0.717, 1.165) is 0 Å². The number of thiophene rings is 1. The molecule has 26 heavy (non-hydrogen) atoms. The number of halogens is 2. The number of carbonyl (C=O) groups excluding carboxylic acids is 2. The van der Waals surface area contributed by atoms with Gasteiger partial charge in [0, 0.05) is 13.6 Å². The molecule has 0 aliphatic carbocycles. The van der Waals surface area contributed by atoms with Crippen LogP contribution in [-0.2, 0) is 4.79 Å². The number of amides is 2. The fraction of sp³-hybridized carbons (Fsp3) is 0.294. The molecule has 1 atom stereocenters. The molecule has 0 aliphatic heterocycles. The van der Waals surface area contributed by atoms with E-state index in [2.05, 4.69) is 5.32 Å². The second-order valence-electron chi connectivity index (χ2n) is 5.46. The van der Waals surface area contributed by atoms with Crippen LogP contribution in [0.2, 0.25) is 10.0 Å². The number of carbonyl (C=O) groups is 2. The highest BCUT2D eigenvalue weighted by Crippen LogP contribution is 2.31. The van der Waals surface area contributed by atoms with Gasteiger partial charge in [-0.25, -0.2) is 0 Å². The second-order valence-corrected chi connectivity index (χ2v) is 7.19. The molecule has 1 heterocycles. The second kappa shape index (κ2) is 9.78. The normalized spacial score (nSPS) is 11.7. The molecule has 0 bridgehead atoms. The number of aliphatic hydroxyl groups excluding tert-OH is 1. The number of nitrogens with zero attached hydrogens (tertiary/aromatic N) is 1. The first kappa shape index (κ1) is 20.5. The van der Waals surface area contributed by atoms with Crippen LogP contribution in [0.5, 0.6) is 5.75 Å². The van der Waals surface area contributed by atoms with Crippen molar-refractivity contribution >= 4 is 46.4 Å². The molecule has 2 N–H and O–H groups in total. The van der Waals surface area contributed by atoms with Crippen molar-refractivity contribution in [1.82, 2.24) is 10.2 Å². The van der Waals surface area contributed by atoms with E-state index in [1.54, 1.807) is 42.8 Å². The van der Waals surface area contributed by atoms with Crippen molar-refractivity contribution in [2.75, 3.05) is 26.7 Å². The molecule has 0 fully saturated rings. The first-order valence-corrected chi connectivity index (χ1v) is 9.32. The van der Waals surface area contributed by atoms with Gasteiger partial charge in [0.2, 0.25) is 5.91 Å². The maximum absolute atomic E-state index is 12.1. The molecule has 1 unspecified atom stereocenters. The van der Waals surface area contributed by atoms with Gasteiger partial charge in [-0.15, -0.1) is 11.3 Å². The van der Waals surface area contributed by atoms with Gasteiger partial charge in [-0.05, 0) is 23.6 Å². The molecule has 2 aromatic rings. The quantitative estimate of drug-likeness (QED) is 0.693. The Morgan fingerprint density at radius 2 is 2.08 bits per heavy atom. The number of hydrogen-bond acceptors (Lipinski definition) is 5. The number of hydrogen-bond donors (Lipinski definition) is 2. The highest BCUT2D eigenvalue weighted by molar-refractivity contribution is 7.12. The first-order chi connectivity index (χ1) is 12.4. The zero-order valence-corrected chi connectivity index (χ0v) is 16.3.